The molecule has 3 rings (SSSR count). The highest BCUT2D eigenvalue weighted by molar-refractivity contribution is 5.48. The van der Waals surface area contributed by atoms with Gasteiger partial charge < -0.3 is 15.3 Å². The van der Waals surface area contributed by atoms with Crippen LogP contribution in [-0.2, 0) is 6.42 Å². The predicted octanol–water partition coefficient (Wildman–Crippen LogP) is 5.09. The molecule has 0 radical (unpaired) electrons. The SMILES string of the molecule is C/C1=C/CC/C(C)=C/CC/C(C)=C/[C@@H](O)c2cc(O)c(cc2O)C1. The van der Waals surface area contributed by atoms with Gasteiger partial charge in [0.2, 0.25) is 0 Å². The van der Waals surface area contributed by atoms with Crippen LogP contribution in [-0.4, -0.2) is 15.3 Å². The van der Waals surface area contributed by atoms with Gasteiger partial charge in [0.1, 0.15) is 17.6 Å². The fourth-order valence-electron chi connectivity index (χ4n) is 3.02. The molecule has 3 heteroatoms. The maximum Gasteiger partial charge on any atom is 0.122 e. The van der Waals surface area contributed by atoms with Crippen molar-refractivity contribution in [3.8, 4) is 11.5 Å². The number of benzene rings is 1. The van der Waals surface area contributed by atoms with Crippen LogP contribution < -0.4 is 0 Å². The van der Waals surface area contributed by atoms with Crippen molar-refractivity contribution in [2.45, 2.75) is 59.0 Å². The molecular weight excluding hydrogens is 300 g/mol. The number of aromatic hydroxyl groups is 2. The third-order valence-corrected chi connectivity index (χ3v) is 4.52. The Kier molecular flexibility index (Phi) is 6.27. The van der Waals surface area contributed by atoms with Crippen molar-refractivity contribution >= 4 is 0 Å². The Bertz CT molecular complexity index is 681. The van der Waals surface area contributed by atoms with Gasteiger partial charge in [-0.25, -0.2) is 0 Å². The molecule has 0 heterocycles. The second-order valence-electron chi connectivity index (χ2n) is 6.85. The number of phenols is 2. The molecule has 0 spiro atoms. The van der Waals surface area contributed by atoms with Gasteiger partial charge in [-0.05, 0) is 65.0 Å². The van der Waals surface area contributed by atoms with Crippen molar-refractivity contribution in [1.29, 1.82) is 0 Å². The fraction of sp³-hybridized carbons (Fsp3) is 0.429. The summed E-state index contributed by atoms with van der Waals surface area (Å²) in [5, 5.41) is 30.8. The number of fused-ring (bicyclic) bond motifs is 10. The second kappa shape index (κ2) is 8.20. The molecule has 3 N–H and O–H groups in total. The summed E-state index contributed by atoms with van der Waals surface area (Å²) in [5.74, 6) is 0.138. The van der Waals surface area contributed by atoms with E-state index in [0.717, 1.165) is 36.8 Å². The average Bonchev–Trinajstić information content (AvgIpc) is 2.49. The summed E-state index contributed by atoms with van der Waals surface area (Å²) in [6.45, 7) is 6.17. The lowest BCUT2D eigenvalue weighted by molar-refractivity contribution is 0.222. The van der Waals surface area contributed by atoms with E-state index in [4.69, 9.17) is 0 Å². The second-order valence-corrected chi connectivity index (χ2v) is 6.85. The van der Waals surface area contributed by atoms with Crippen molar-refractivity contribution in [3.63, 3.8) is 0 Å². The smallest absolute Gasteiger partial charge is 0.122 e. The van der Waals surface area contributed by atoms with Crippen LogP contribution in [0.15, 0.2) is 47.1 Å². The number of hydrogen-bond acceptors (Lipinski definition) is 3. The van der Waals surface area contributed by atoms with E-state index in [-0.39, 0.29) is 11.5 Å². The molecule has 130 valence electrons. The van der Waals surface area contributed by atoms with E-state index < -0.39 is 6.10 Å². The van der Waals surface area contributed by atoms with Crippen LogP contribution in [0.3, 0.4) is 0 Å². The number of aliphatic hydroxyl groups is 1. The maximum absolute atomic E-state index is 10.4. The van der Waals surface area contributed by atoms with E-state index in [0.29, 0.717) is 17.5 Å². The molecule has 0 saturated heterocycles. The highest BCUT2D eigenvalue weighted by Crippen LogP contribution is 2.34. The Morgan fingerprint density at radius 1 is 0.833 bits per heavy atom. The first-order valence-corrected chi connectivity index (χ1v) is 8.58. The van der Waals surface area contributed by atoms with Gasteiger partial charge in [-0.1, -0.05) is 34.9 Å². The zero-order chi connectivity index (χ0) is 17.7. The van der Waals surface area contributed by atoms with E-state index in [1.165, 1.54) is 11.6 Å². The number of allylic oxidation sites excluding steroid dienone is 5. The molecule has 1 atom stereocenters. The van der Waals surface area contributed by atoms with Crippen molar-refractivity contribution in [2.24, 2.45) is 0 Å². The maximum atomic E-state index is 10.4. The number of phenolic OH excluding ortho intramolecular Hbond substituents is 2. The Balaban J connectivity index is 2.40. The van der Waals surface area contributed by atoms with E-state index in [9.17, 15) is 15.3 Å². The molecule has 0 amide bonds. The Morgan fingerprint density at radius 2 is 1.46 bits per heavy atom. The summed E-state index contributed by atoms with van der Waals surface area (Å²) in [4.78, 5) is 0. The van der Waals surface area contributed by atoms with Crippen molar-refractivity contribution in [1.82, 2.24) is 0 Å². The number of rotatable bonds is 0. The largest absolute Gasteiger partial charge is 0.508 e. The highest BCUT2D eigenvalue weighted by atomic mass is 16.3. The Morgan fingerprint density at radius 3 is 2.17 bits per heavy atom. The van der Waals surface area contributed by atoms with Gasteiger partial charge in [-0.3, -0.25) is 0 Å². The van der Waals surface area contributed by atoms with Gasteiger partial charge in [-0.15, -0.1) is 0 Å². The summed E-state index contributed by atoms with van der Waals surface area (Å²) in [6, 6.07) is 3.04. The van der Waals surface area contributed by atoms with Crippen LogP contribution in [0.2, 0.25) is 0 Å². The fourth-order valence-corrected chi connectivity index (χ4v) is 3.02. The first-order chi connectivity index (χ1) is 11.4. The van der Waals surface area contributed by atoms with Crippen LogP contribution >= 0.6 is 0 Å². The van der Waals surface area contributed by atoms with Crippen LogP contribution in [0, 0.1) is 0 Å². The van der Waals surface area contributed by atoms with Crippen LogP contribution in [0.4, 0.5) is 0 Å². The monoisotopic (exact) mass is 328 g/mol. The first kappa shape index (κ1) is 18.3. The summed E-state index contributed by atoms with van der Waals surface area (Å²) < 4.78 is 0. The first-order valence-electron chi connectivity index (χ1n) is 8.58. The Labute approximate surface area is 144 Å². The molecule has 1 aromatic carbocycles. The number of aliphatic hydroxyl groups excluding tert-OH is 1. The number of hydrogen-bond donors (Lipinski definition) is 3. The van der Waals surface area contributed by atoms with Gasteiger partial charge in [0.05, 0.1) is 0 Å². The Hall–Kier alpha value is -2.00. The summed E-state index contributed by atoms with van der Waals surface area (Å²) in [7, 11) is 0. The molecule has 2 bridgehead atoms. The van der Waals surface area contributed by atoms with Crippen LogP contribution in [0.5, 0.6) is 11.5 Å². The van der Waals surface area contributed by atoms with E-state index in [2.05, 4.69) is 19.1 Å². The summed E-state index contributed by atoms with van der Waals surface area (Å²) in [5.41, 5.74) is 4.63. The van der Waals surface area contributed by atoms with Gasteiger partial charge in [0, 0.05) is 11.1 Å². The molecule has 0 unspecified atom stereocenters. The molecule has 24 heavy (non-hydrogen) atoms. The van der Waals surface area contributed by atoms with Crippen LogP contribution in [0.25, 0.3) is 0 Å². The van der Waals surface area contributed by atoms with Crippen LogP contribution in [0.1, 0.15) is 63.7 Å². The van der Waals surface area contributed by atoms with Gasteiger partial charge in [0.25, 0.3) is 0 Å². The van der Waals surface area contributed by atoms with E-state index in [1.54, 1.807) is 12.1 Å². The topological polar surface area (TPSA) is 60.7 Å². The highest BCUT2D eigenvalue weighted by Gasteiger charge is 2.15. The lowest BCUT2D eigenvalue weighted by atomic mass is 9.97. The minimum absolute atomic E-state index is 0.0231. The zero-order valence-corrected chi connectivity index (χ0v) is 14.8. The summed E-state index contributed by atoms with van der Waals surface area (Å²) >= 11 is 0. The quantitative estimate of drug-likeness (QED) is 0.459. The molecule has 1 aromatic rings. The van der Waals surface area contributed by atoms with Crippen molar-refractivity contribution in [3.05, 3.63) is 58.2 Å². The minimum Gasteiger partial charge on any atom is -0.508 e. The molecule has 0 fully saturated rings. The molecule has 0 aliphatic heterocycles. The lowest BCUT2D eigenvalue weighted by Gasteiger charge is -2.14. The predicted molar refractivity (Wildman–Crippen MR) is 98.2 cm³/mol. The molecule has 0 saturated carbocycles. The normalized spacial score (nSPS) is 26.8. The van der Waals surface area contributed by atoms with Gasteiger partial charge >= 0.3 is 0 Å². The molecule has 2 aliphatic rings. The van der Waals surface area contributed by atoms with Crippen molar-refractivity contribution in [2.75, 3.05) is 0 Å². The standard InChI is InChI=1S/C21H28O3/c1-14-6-4-8-15(2)10-17-12-21(24)18(13-19(17)22)20(23)11-16(3)9-5-7-14/h7-8,11-13,20,22-24H,4-6,9-10H2,1-3H3/b14-7+,15-8-,16-11+/t20-/m1/s1. The lowest BCUT2D eigenvalue weighted by Crippen LogP contribution is -1.98. The molecular formula is C21H28O3. The third-order valence-electron chi connectivity index (χ3n) is 4.52. The van der Waals surface area contributed by atoms with E-state index in [1.807, 2.05) is 13.8 Å². The third kappa shape index (κ3) is 5.00. The van der Waals surface area contributed by atoms with Gasteiger partial charge in [0.15, 0.2) is 0 Å². The van der Waals surface area contributed by atoms with E-state index >= 15 is 0 Å². The molecule has 0 aromatic heterocycles. The molecule has 3 nitrogen and oxygen atoms in total. The zero-order valence-electron chi connectivity index (χ0n) is 14.8. The molecule has 2 aliphatic carbocycles. The summed E-state index contributed by atoms with van der Waals surface area (Å²) in [6.07, 6.45) is 9.68. The average molecular weight is 328 g/mol. The van der Waals surface area contributed by atoms with Gasteiger partial charge in [-0.2, -0.15) is 0 Å². The van der Waals surface area contributed by atoms with Crippen molar-refractivity contribution < 1.29 is 15.3 Å². The minimum atomic E-state index is -0.917.